The van der Waals surface area contributed by atoms with Crippen LogP contribution in [0.5, 0.6) is 5.88 Å². The van der Waals surface area contributed by atoms with Crippen molar-refractivity contribution >= 4 is 17.1 Å². The third kappa shape index (κ3) is 3.81. The van der Waals surface area contributed by atoms with Crippen LogP contribution >= 0.6 is 0 Å². The summed E-state index contributed by atoms with van der Waals surface area (Å²) in [7, 11) is 0. The van der Waals surface area contributed by atoms with Crippen LogP contribution in [0.2, 0.25) is 0 Å². The van der Waals surface area contributed by atoms with Crippen LogP contribution in [-0.4, -0.2) is 57.7 Å². The van der Waals surface area contributed by atoms with Gasteiger partial charge in [0.1, 0.15) is 0 Å². The Morgan fingerprint density at radius 1 is 1.15 bits per heavy atom. The number of hydrogen-bond donors (Lipinski definition) is 1. The maximum Gasteiger partial charge on any atom is 0.247 e. The van der Waals surface area contributed by atoms with E-state index in [1.807, 2.05) is 19.1 Å². The van der Waals surface area contributed by atoms with E-state index in [2.05, 4.69) is 32.0 Å². The molecule has 0 saturated carbocycles. The minimum Gasteiger partial charge on any atom is -0.476 e. The fraction of sp³-hybridized carbons (Fsp3) is 0.368. The van der Waals surface area contributed by atoms with Crippen LogP contribution in [0.4, 0.5) is 5.95 Å². The van der Waals surface area contributed by atoms with Gasteiger partial charge < -0.3 is 15.2 Å². The topological polar surface area (TPSA) is 99.3 Å². The number of nitrogens with two attached hydrogens (primary N) is 1. The summed E-state index contributed by atoms with van der Waals surface area (Å²) in [6.07, 6.45) is 1.72. The second-order valence-corrected chi connectivity index (χ2v) is 6.29. The molecule has 3 heterocycles. The molecule has 27 heavy (non-hydrogen) atoms. The highest BCUT2D eigenvalue weighted by Gasteiger charge is 2.16. The summed E-state index contributed by atoms with van der Waals surface area (Å²) < 4.78 is 11.0. The lowest BCUT2D eigenvalue weighted by atomic mass is 10.0. The fourth-order valence-electron chi connectivity index (χ4n) is 3.17. The molecule has 1 aliphatic rings. The summed E-state index contributed by atoms with van der Waals surface area (Å²) in [6.45, 7) is 6.60. The number of anilines is 1. The first-order valence-electron chi connectivity index (χ1n) is 9.06. The van der Waals surface area contributed by atoms with Crippen LogP contribution in [0.3, 0.4) is 0 Å². The van der Waals surface area contributed by atoms with Gasteiger partial charge in [0.05, 0.1) is 31.7 Å². The second kappa shape index (κ2) is 7.81. The Morgan fingerprint density at radius 3 is 2.78 bits per heavy atom. The average molecular weight is 366 g/mol. The molecule has 140 valence electrons. The maximum absolute atomic E-state index is 5.75. The van der Waals surface area contributed by atoms with Crippen molar-refractivity contribution in [1.29, 1.82) is 0 Å². The van der Waals surface area contributed by atoms with Gasteiger partial charge in [-0.25, -0.2) is 9.97 Å². The Balaban J connectivity index is 1.73. The van der Waals surface area contributed by atoms with Gasteiger partial charge in [0.15, 0.2) is 11.2 Å². The standard InChI is InChI=1S/C19H22N6O2/c1-2-27-18-16-17(23-19(20)24-18)21-11-15(22-16)14-6-4-3-5-13(14)12-25-7-9-26-10-8-25/h3-6,11H,2,7-10,12H2,1H3,(H2,20,21,23,24). The van der Waals surface area contributed by atoms with Gasteiger partial charge >= 0.3 is 0 Å². The molecule has 3 aromatic rings. The monoisotopic (exact) mass is 366 g/mol. The zero-order chi connectivity index (χ0) is 18.6. The van der Waals surface area contributed by atoms with E-state index in [1.165, 1.54) is 5.56 Å². The van der Waals surface area contributed by atoms with Crippen molar-refractivity contribution in [3.8, 4) is 17.1 Å². The van der Waals surface area contributed by atoms with Crippen molar-refractivity contribution < 1.29 is 9.47 Å². The van der Waals surface area contributed by atoms with Crippen LogP contribution < -0.4 is 10.5 Å². The molecule has 0 aliphatic carbocycles. The summed E-state index contributed by atoms with van der Waals surface area (Å²) in [5.74, 6) is 0.487. The molecule has 1 aliphatic heterocycles. The molecule has 0 unspecified atom stereocenters. The van der Waals surface area contributed by atoms with Crippen molar-refractivity contribution in [2.75, 3.05) is 38.6 Å². The molecule has 2 N–H and O–H groups in total. The molecule has 0 spiro atoms. The van der Waals surface area contributed by atoms with Gasteiger partial charge in [-0.1, -0.05) is 24.3 Å². The molecule has 1 aromatic carbocycles. The quantitative estimate of drug-likeness (QED) is 0.731. The zero-order valence-corrected chi connectivity index (χ0v) is 15.3. The first-order valence-corrected chi connectivity index (χ1v) is 9.06. The summed E-state index contributed by atoms with van der Waals surface area (Å²) in [5, 5.41) is 0. The molecule has 4 rings (SSSR count). The minimum atomic E-state index is 0.126. The van der Waals surface area contributed by atoms with Crippen molar-refractivity contribution in [3.63, 3.8) is 0 Å². The molecule has 0 atom stereocenters. The van der Waals surface area contributed by atoms with Gasteiger partial charge in [0, 0.05) is 25.2 Å². The summed E-state index contributed by atoms with van der Waals surface area (Å²) in [6, 6.07) is 8.24. The van der Waals surface area contributed by atoms with E-state index in [1.54, 1.807) is 6.20 Å². The SMILES string of the molecule is CCOc1nc(N)nc2ncc(-c3ccccc3CN3CCOCC3)nc12. The predicted octanol–water partition coefficient (Wildman–Crippen LogP) is 1.90. The Bertz CT molecular complexity index is 943. The number of hydrogen-bond acceptors (Lipinski definition) is 8. The third-order valence-corrected chi connectivity index (χ3v) is 4.46. The maximum atomic E-state index is 5.75. The van der Waals surface area contributed by atoms with Crippen molar-refractivity contribution in [1.82, 2.24) is 24.8 Å². The molecule has 1 fully saturated rings. The van der Waals surface area contributed by atoms with E-state index < -0.39 is 0 Å². The van der Waals surface area contributed by atoms with Crippen molar-refractivity contribution in [3.05, 3.63) is 36.0 Å². The van der Waals surface area contributed by atoms with Gasteiger partial charge in [0.2, 0.25) is 11.8 Å². The van der Waals surface area contributed by atoms with Gasteiger partial charge in [0.25, 0.3) is 0 Å². The number of benzene rings is 1. The highest BCUT2D eigenvalue weighted by molar-refractivity contribution is 5.79. The lowest BCUT2D eigenvalue weighted by Gasteiger charge is -2.27. The number of nitrogens with zero attached hydrogens (tertiary/aromatic N) is 5. The van der Waals surface area contributed by atoms with Crippen LogP contribution in [0, 0.1) is 0 Å². The number of rotatable bonds is 5. The summed E-state index contributed by atoms with van der Waals surface area (Å²) in [5.41, 5.74) is 9.70. The molecule has 8 heteroatoms. The van der Waals surface area contributed by atoms with Crippen molar-refractivity contribution in [2.24, 2.45) is 0 Å². The molecule has 0 radical (unpaired) electrons. The van der Waals surface area contributed by atoms with Crippen LogP contribution in [0.15, 0.2) is 30.5 Å². The first kappa shape index (κ1) is 17.6. The lowest BCUT2D eigenvalue weighted by Crippen LogP contribution is -2.35. The van der Waals surface area contributed by atoms with Gasteiger partial charge in [-0.3, -0.25) is 4.90 Å². The largest absolute Gasteiger partial charge is 0.476 e. The van der Waals surface area contributed by atoms with Gasteiger partial charge in [-0.15, -0.1) is 0 Å². The Labute approximate surface area is 157 Å². The Morgan fingerprint density at radius 2 is 1.96 bits per heavy atom. The van der Waals surface area contributed by atoms with Crippen molar-refractivity contribution in [2.45, 2.75) is 13.5 Å². The molecular formula is C19H22N6O2. The molecule has 1 saturated heterocycles. The van der Waals surface area contributed by atoms with Gasteiger partial charge in [-0.05, 0) is 12.5 Å². The molecule has 0 bridgehead atoms. The smallest absolute Gasteiger partial charge is 0.247 e. The predicted molar refractivity (Wildman–Crippen MR) is 102 cm³/mol. The Kier molecular flexibility index (Phi) is 5.08. The summed E-state index contributed by atoms with van der Waals surface area (Å²) in [4.78, 5) is 19.9. The molecule has 0 amide bonds. The summed E-state index contributed by atoms with van der Waals surface area (Å²) >= 11 is 0. The highest BCUT2D eigenvalue weighted by atomic mass is 16.5. The average Bonchev–Trinajstić information content (AvgIpc) is 2.69. The Hall–Kier alpha value is -2.84. The third-order valence-electron chi connectivity index (χ3n) is 4.46. The van der Waals surface area contributed by atoms with E-state index >= 15 is 0 Å². The number of ether oxygens (including phenoxy) is 2. The first-order chi connectivity index (χ1) is 13.2. The lowest BCUT2D eigenvalue weighted by molar-refractivity contribution is 0.0342. The van der Waals surface area contributed by atoms with Gasteiger partial charge in [-0.2, -0.15) is 9.97 Å². The highest BCUT2D eigenvalue weighted by Crippen LogP contribution is 2.27. The zero-order valence-electron chi connectivity index (χ0n) is 15.3. The number of morpholine rings is 1. The second-order valence-electron chi connectivity index (χ2n) is 6.29. The number of fused-ring (bicyclic) bond motifs is 1. The van der Waals surface area contributed by atoms with E-state index in [9.17, 15) is 0 Å². The van der Waals surface area contributed by atoms with E-state index in [0.717, 1.165) is 44.1 Å². The normalized spacial score (nSPS) is 15.1. The van der Waals surface area contributed by atoms with E-state index in [-0.39, 0.29) is 5.95 Å². The number of nitrogen functional groups attached to an aromatic ring is 1. The minimum absolute atomic E-state index is 0.126. The van der Waals surface area contributed by atoms with Crippen LogP contribution in [-0.2, 0) is 11.3 Å². The number of aromatic nitrogens is 4. The van der Waals surface area contributed by atoms with E-state index in [4.69, 9.17) is 20.2 Å². The fourth-order valence-corrected chi connectivity index (χ4v) is 3.17. The molecular weight excluding hydrogens is 344 g/mol. The van der Waals surface area contributed by atoms with Crippen LogP contribution in [0.1, 0.15) is 12.5 Å². The molecule has 2 aromatic heterocycles. The van der Waals surface area contributed by atoms with E-state index in [0.29, 0.717) is 23.7 Å². The van der Waals surface area contributed by atoms with Crippen LogP contribution in [0.25, 0.3) is 22.4 Å². The molecule has 8 nitrogen and oxygen atoms in total.